The van der Waals surface area contributed by atoms with Gasteiger partial charge >= 0.3 is 0 Å². The standard InChI is InChI=1S/C19H27N3O3S/c1-15(23)21-12-8-16-6-7-18(13-19(16)21)26(24,25)22-11-4-5-17(22)14-20-9-2-3-10-20/h6-7,13,17H,2-5,8-12,14H2,1H3/t17-/m1/s1. The third kappa shape index (κ3) is 3.17. The molecule has 2 saturated heterocycles. The topological polar surface area (TPSA) is 60.9 Å². The third-order valence-electron chi connectivity index (χ3n) is 5.93. The van der Waals surface area contributed by atoms with Crippen LogP contribution in [0.3, 0.4) is 0 Å². The van der Waals surface area contributed by atoms with Crippen molar-refractivity contribution in [3.8, 4) is 0 Å². The smallest absolute Gasteiger partial charge is 0.243 e. The van der Waals surface area contributed by atoms with E-state index in [1.165, 1.54) is 19.8 Å². The van der Waals surface area contributed by atoms with Gasteiger partial charge in [0.05, 0.1) is 4.90 Å². The number of rotatable bonds is 4. The van der Waals surface area contributed by atoms with E-state index in [-0.39, 0.29) is 11.9 Å². The highest BCUT2D eigenvalue weighted by molar-refractivity contribution is 7.89. The Kier molecular flexibility index (Phi) is 4.79. The molecule has 3 aliphatic heterocycles. The van der Waals surface area contributed by atoms with Gasteiger partial charge in [-0.05, 0) is 62.9 Å². The van der Waals surface area contributed by atoms with Crippen LogP contribution in [0.4, 0.5) is 5.69 Å². The largest absolute Gasteiger partial charge is 0.312 e. The lowest BCUT2D eigenvalue weighted by Crippen LogP contribution is -2.42. The van der Waals surface area contributed by atoms with Crippen LogP contribution in [0.25, 0.3) is 0 Å². The number of fused-ring (bicyclic) bond motifs is 1. The minimum absolute atomic E-state index is 0.0358. The molecule has 0 N–H and O–H groups in total. The first-order chi connectivity index (χ1) is 12.5. The van der Waals surface area contributed by atoms with E-state index in [1.54, 1.807) is 21.3 Å². The van der Waals surface area contributed by atoms with Gasteiger partial charge in [0.2, 0.25) is 15.9 Å². The number of likely N-dealkylation sites (tertiary alicyclic amines) is 1. The fourth-order valence-corrected chi connectivity index (χ4v) is 6.26. The molecule has 1 aromatic rings. The molecule has 0 bridgehead atoms. The number of sulfonamides is 1. The lowest BCUT2D eigenvalue weighted by molar-refractivity contribution is -0.116. The van der Waals surface area contributed by atoms with Gasteiger partial charge in [-0.1, -0.05) is 6.07 Å². The highest BCUT2D eigenvalue weighted by atomic mass is 32.2. The Morgan fingerprint density at radius 2 is 1.88 bits per heavy atom. The molecular formula is C19H27N3O3S. The molecule has 0 aromatic heterocycles. The molecule has 4 rings (SSSR count). The minimum Gasteiger partial charge on any atom is -0.312 e. The SMILES string of the molecule is CC(=O)N1CCc2ccc(S(=O)(=O)N3CCC[C@@H]3CN3CCCC3)cc21. The highest BCUT2D eigenvalue weighted by Gasteiger charge is 2.37. The summed E-state index contributed by atoms with van der Waals surface area (Å²) in [7, 11) is -3.53. The van der Waals surface area contributed by atoms with Crippen molar-refractivity contribution in [2.45, 2.75) is 50.0 Å². The summed E-state index contributed by atoms with van der Waals surface area (Å²) < 4.78 is 28.3. The molecule has 1 amide bonds. The van der Waals surface area contributed by atoms with E-state index in [2.05, 4.69) is 4.90 Å². The van der Waals surface area contributed by atoms with Gasteiger partial charge in [0.25, 0.3) is 0 Å². The number of hydrogen-bond donors (Lipinski definition) is 0. The van der Waals surface area contributed by atoms with Gasteiger partial charge in [0.1, 0.15) is 0 Å². The number of carbonyl (C=O) groups excluding carboxylic acids is 1. The molecule has 2 fully saturated rings. The first-order valence-corrected chi connectivity index (χ1v) is 11.1. The van der Waals surface area contributed by atoms with Crippen molar-refractivity contribution in [2.75, 3.05) is 37.6 Å². The molecular weight excluding hydrogens is 350 g/mol. The van der Waals surface area contributed by atoms with Crippen LogP contribution in [0.1, 0.15) is 38.2 Å². The van der Waals surface area contributed by atoms with Gasteiger partial charge in [-0.2, -0.15) is 4.31 Å². The molecule has 3 aliphatic rings. The summed E-state index contributed by atoms with van der Waals surface area (Å²) in [5.41, 5.74) is 1.81. The van der Waals surface area contributed by atoms with E-state index in [1.807, 2.05) is 6.07 Å². The summed E-state index contributed by atoms with van der Waals surface area (Å²) >= 11 is 0. The fourth-order valence-electron chi connectivity index (χ4n) is 4.55. The Morgan fingerprint density at radius 3 is 2.62 bits per heavy atom. The van der Waals surface area contributed by atoms with Crippen molar-refractivity contribution in [1.29, 1.82) is 0 Å². The maximum Gasteiger partial charge on any atom is 0.243 e. The van der Waals surface area contributed by atoms with Crippen molar-refractivity contribution in [2.24, 2.45) is 0 Å². The molecule has 3 heterocycles. The number of benzene rings is 1. The number of amides is 1. The molecule has 0 aliphatic carbocycles. The van der Waals surface area contributed by atoms with Crippen LogP contribution in [0.5, 0.6) is 0 Å². The van der Waals surface area contributed by atoms with Gasteiger partial charge in [-0.3, -0.25) is 4.79 Å². The van der Waals surface area contributed by atoms with Crippen molar-refractivity contribution in [3.05, 3.63) is 23.8 Å². The monoisotopic (exact) mass is 377 g/mol. The lowest BCUT2D eigenvalue weighted by Gasteiger charge is -2.28. The minimum atomic E-state index is -3.53. The number of carbonyl (C=O) groups is 1. The highest BCUT2D eigenvalue weighted by Crippen LogP contribution is 2.33. The quantitative estimate of drug-likeness (QED) is 0.803. The van der Waals surface area contributed by atoms with Gasteiger partial charge in [0, 0.05) is 38.3 Å². The van der Waals surface area contributed by atoms with Crippen LogP contribution in [0.15, 0.2) is 23.1 Å². The Hall–Kier alpha value is -1.44. The summed E-state index contributed by atoms with van der Waals surface area (Å²) in [5, 5.41) is 0. The molecule has 26 heavy (non-hydrogen) atoms. The second kappa shape index (κ2) is 6.94. The van der Waals surface area contributed by atoms with Crippen molar-refractivity contribution in [3.63, 3.8) is 0 Å². The molecule has 1 atom stereocenters. The maximum atomic E-state index is 13.3. The van der Waals surface area contributed by atoms with E-state index in [4.69, 9.17) is 0 Å². The predicted octanol–water partition coefficient (Wildman–Crippen LogP) is 1.84. The van der Waals surface area contributed by atoms with E-state index >= 15 is 0 Å². The zero-order valence-electron chi connectivity index (χ0n) is 15.4. The van der Waals surface area contributed by atoms with Crippen LogP contribution >= 0.6 is 0 Å². The predicted molar refractivity (Wildman–Crippen MR) is 101 cm³/mol. The Morgan fingerprint density at radius 1 is 1.12 bits per heavy atom. The van der Waals surface area contributed by atoms with Gasteiger partial charge < -0.3 is 9.80 Å². The van der Waals surface area contributed by atoms with E-state index < -0.39 is 10.0 Å². The number of nitrogens with zero attached hydrogens (tertiary/aromatic N) is 3. The second-order valence-corrected chi connectivity index (χ2v) is 9.52. The van der Waals surface area contributed by atoms with Crippen molar-refractivity contribution < 1.29 is 13.2 Å². The molecule has 0 radical (unpaired) electrons. The maximum absolute atomic E-state index is 13.3. The first kappa shape index (κ1) is 17.9. The van der Waals surface area contributed by atoms with Crippen LogP contribution in [0.2, 0.25) is 0 Å². The van der Waals surface area contributed by atoms with Gasteiger partial charge in [0.15, 0.2) is 0 Å². The molecule has 7 heteroatoms. The molecule has 142 valence electrons. The molecule has 1 aromatic carbocycles. The average molecular weight is 378 g/mol. The number of anilines is 1. The van der Waals surface area contributed by atoms with E-state index in [0.717, 1.165) is 50.1 Å². The van der Waals surface area contributed by atoms with E-state index in [9.17, 15) is 13.2 Å². The zero-order valence-corrected chi connectivity index (χ0v) is 16.2. The van der Waals surface area contributed by atoms with Crippen molar-refractivity contribution in [1.82, 2.24) is 9.21 Å². The van der Waals surface area contributed by atoms with Crippen molar-refractivity contribution >= 4 is 21.6 Å². The summed E-state index contributed by atoms with van der Waals surface area (Å²) in [6.45, 7) is 5.75. The summed E-state index contributed by atoms with van der Waals surface area (Å²) in [5.74, 6) is -0.0358. The average Bonchev–Trinajstić information content (AvgIpc) is 3.35. The molecule has 0 spiro atoms. The normalized spacial score (nSPS) is 24.3. The molecule has 6 nitrogen and oxygen atoms in total. The number of hydrogen-bond acceptors (Lipinski definition) is 4. The first-order valence-electron chi connectivity index (χ1n) is 9.62. The van der Waals surface area contributed by atoms with Crippen LogP contribution in [0, 0.1) is 0 Å². The fraction of sp³-hybridized carbons (Fsp3) is 0.632. The molecule has 0 saturated carbocycles. The van der Waals surface area contributed by atoms with Crippen LogP contribution in [-0.2, 0) is 21.2 Å². The second-order valence-electron chi connectivity index (χ2n) is 7.63. The van der Waals surface area contributed by atoms with Crippen LogP contribution < -0.4 is 4.90 Å². The summed E-state index contributed by atoms with van der Waals surface area (Å²) in [4.78, 5) is 16.2. The van der Waals surface area contributed by atoms with Gasteiger partial charge in [-0.15, -0.1) is 0 Å². The Balaban J connectivity index is 1.60. The third-order valence-corrected chi connectivity index (χ3v) is 7.88. The van der Waals surface area contributed by atoms with E-state index in [0.29, 0.717) is 18.0 Å². The summed E-state index contributed by atoms with van der Waals surface area (Å²) in [6, 6.07) is 5.35. The Bertz CT molecular complexity index is 802. The summed E-state index contributed by atoms with van der Waals surface area (Å²) in [6.07, 6.45) is 5.06. The van der Waals surface area contributed by atoms with Crippen LogP contribution in [-0.4, -0.2) is 62.3 Å². The zero-order chi connectivity index (χ0) is 18.3. The lowest BCUT2D eigenvalue weighted by atomic mass is 10.2. The van der Waals surface area contributed by atoms with Gasteiger partial charge in [-0.25, -0.2) is 8.42 Å². The Labute approximate surface area is 155 Å². The molecule has 0 unspecified atom stereocenters.